The second-order valence-corrected chi connectivity index (χ2v) is 4.11. The summed E-state index contributed by atoms with van der Waals surface area (Å²) in [5.41, 5.74) is 0.0603. The second kappa shape index (κ2) is 7.32. The maximum atomic E-state index is 11.5. The number of nitrogens with zero attached hydrogens (tertiary/aromatic N) is 2. The van der Waals surface area contributed by atoms with Crippen LogP contribution in [0.4, 0.5) is 11.4 Å². The fourth-order valence-electron chi connectivity index (χ4n) is 1.79. The zero-order chi connectivity index (χ0) is 16.0. The zero-order valence-electron chi connectivity index (χ0n) is 12.4. The molecule has 116 valence electrons. The van der Waals surface area contributed by atoms with Crippen molar-refractivity contribution < 1.29 is 23.9 Å². The average molecular weight is 298 g/mol. The number of carbonyl (C=O) groups is 1. The first-order valence-corrected chi connectivity index (χ1v) is 6.21. The molecule has 1 aromatic rings. The molecule has 0 saturated heterocycles. The molecule has 0 aromatic heterocycles. The monoisotopic (exact) mass is 298 g/mol. The van der Waals surface area contributed by atoms with Gasteiger partial charge in [0.1, 0.15) is 12.2 Å². The van der Waals surface area contributed by atoms with Crippen molar-refractivity contribution in [3.8, 4) is 11.5 Å². The highest BCUT2D eigenvalue weighted by atomic mass is 16.6. The van der Waals surface area contributed by atoms with Crippen LogP contribution in [0, 0.1) is 10.1 Å². The van der Waals surface area contributed by atoms with Crippen LogP contribution in [0.3, 0.4) is 0 Å². The highest BCUT2D eigenvalue weighted by molar-refractivity contribution is 5.78. The van der Waals surface area contributed by atoms with Crippen molar-refractivity contribution in [1.82, 2.24) is 0 Å². The van der Waals surface area contributed by atoms with Crippen LogP contribution >= 0.6 is 0 Å². The van der Waals surface area contributed by atoms with E-state index in [0.29, 0.717) is 5.75 Å². The highest BCUT2D eigenvalue weighted by Gasteiger charge is 2.23. The minimum Gasteiger partial charge on any atom is -0.493 e. The lowest BCUT2D eigenvalue weighted by atomic mass is 10.2. The topological polar surface area (TPSA) is 91.1 Å². The Kier molecular flexibility index (Phi) is 5.77. The standard InChI is InChI=1S/C13H18N2O6/c1-5-21-13(16)8-14(2)9-6-11(19-3)12(20-4)7-10(9)15(17)18/h6-7H,5,8H2,1-4H3. The van der Waals surface area contributed by atoms with Crippen molar-refractivity contribution in [1.29, 1.82) is 0 Å². The molecule has 0 bridgehead atoms. The molecule has 0 fully saturated rings. The van der Waals surface area contributed by atoms with Crippen LogP contribution < -0.4 is 14.4 Å². The third-order valence-corrected chi connectivity index (χ3v) is 2.76. The highest BCUT2D eigenvalue weighted by Crippen LogP contribution is 2.39. The summed E-state index contributed by atoms with van der Waals surface area (Å²) < 4.78 is 15.0. The first-order chi connectivity index (χ1) is 9.94. The van der Waals surface area contributed by atoms with Crippen LogP contribution in [0.5, 0.6) is 11.5 Å². The summed E-state index contributed by atoms with van der Waals surface area (Å²) in [7, 11) is 4.38. The van der Waals surface area contributed by atoms with Crippen molar-refractivity contribution in [2.45, 2.75) is 6.92 Å². The number of methoxy groups -OCH3 is 2. The molecule has 0 spiro atoms. The normalized spacial score (nSPS) is 9.90. The first kappa shape index (κ1) is 16.5. The van der Waals surface area contributed by atoms with Gasteiger partial charge in [-0.3, -0.25) is 14.9 Å². The minimum atomic E-state index is -0.543. The van der Waals surface area contributed by atoms with E-state index in [1.807, 2.05) is 0 Å². The fourth-order valence-corrected chi connectivity index (χ4v) is 1.79. The number of nitro benzene ring substituents is 1. The summed E-state index contributed by atoms with van der Waals surface area (Å²) in [5.74, 6) is 0.121. The van der Waals surface area contributed by atoms with E-state index in [4.69, 9.17) is 14.2 Å². The van der Waals surface area contributed by atoms with Crippen molar-refractivity contribution in [3.05, 3.63) is 22.2 Å². The van der Waals surface area contributed by atoms with Crippen LogP contribution in [0.15, 0.2) is 12.1 Å². The van der Waals surface area contributed by atoms with Gasteiger partial charge in [0.2, 0.25) is 0 Å². The largest absolute Gasteiger partial charge is 0.493 e. The van der Waals surface area contributed by atoms with E-state index in [1.165, 1.54) is 31.3 Å². The van der Waals surface area contributed by atoms with Crippen LogP contribution in [0.25, 0.3) is 0 Å². The van der Waals surface area contributed by atoms with Gasteiger partial charge >= 0.3 is 5.97 Å². The zero-order valence-corrected chi connectivity index (χ0v) is 12.4. The summed E-state index contributed by atoms with van der Waals surface area (Å²) in [6.45, 7) is 1.83. The molecule has 0 aliphatic heterocycles. The van der Waals surface area contributed by atoms with Gasteiger partial charge in [-0.15, -0.1) is 0 Å². The van der Waals surface area contributed by atoms with E-state index >= 15 is 0 Å². The van der Waals surface area contributed by atoms with Crippen LogP contribution in [0.1, 0.15) is 6.92 Å². The van der Waals surface area contributed by atoms with Gasteiger partial charge < -0.3 is 19.1 Å². The fraction of sp³-hybridized carbons (Fsp3) is 0.462. The van der Waals surface area contributed by atoms with E-state index in [0.717, 1.165) is 0 Å². The number of hydrogen-bond acceptors (Lipinski definition) is 7. The first-order valence-electron chi connectivity index (χ1n) is 6.21. The Morgan fingerprint density at radius 3 is 2.33 bits per heavy atom. The van der Waals surface area contributed by atoms with Gasteiger partial charge in [0.15, 0.2) is 11.5 Å². The van der Waals surface area contributed by atoms with Crippen molar-refractivity contribution >= 4 is 17.3 Å². The van der Waals surface area contributed by atoms with E-state index in [9.17, 15) is 14.9 Å². The molecule has 0 aliphatic rings. The van der Waals surface area contributed by atoms with Crippen molar-refractivity contribution in [3.63, 3.8) is 0 Å². The van der Waals surface area contributed by atoms with E-state index < -0.39 is 10.9 Å². The third kappa shape index (κ3) is 3.98. The molecular weight excluding hydrogens is 280 g/mol. The second-order valence-electron chi connectivity index (χ2n) is 4.11. The van der Waals surface area contributed by atoms with Crippen molar-refractivity contribution in [2.24, 2.45) is 0 Å². The number of likely N-dealkylation sites (N-methyl/N-ethyl adjacent to an activating group) is 1. The maximum absolute atomic E-state index is 11.5. The van der Waals surface area contributed by atoms with E-state index in [1.54, 1.807) is 14.0 Å². The quantitative estimate of drug-likeness (QED) is 0.429. The summed E-state index contributed by atoms with van der Waals surface area (Å²) in [4.78, 5) is 23.6. The number of ether oxygens (including phenoxy) is 3. The maximum Gasteiger partial charge on any atom is 0.325 e. The summed E-state index contributed by atoms with van der Waals surface area (Å²) in [6, 6.07) is 2.71. The van der Waals surface area contributed by atoms with Gasteiger partial charge in [-0.25, -0.2) is 0 Å². The lowest BCUT2D eigenvalue weighted by molar-refractivity contribution is -0.384. The van der Waals surface area contributed by atoms with Gasteiger partial charge in [0.25, 0.3) is 5.69 Å². The SMILES string of the molecule is CCOC(=O)CN(C)c1cc(OC)c(OC)cc1[N+](=O)[O-]. The number of carbonyl (C=O) groups excluding carboxylic acids is 1. The number of hydrogen-bond donors (Lipinski definition) is 0. The van der Waals surface area contributed by atoms with Crippen LogP contribution in [-0.4, -0.2) is 45.3 Å². The molecule has 0 atom stereocenters. The molecule has 0 saturated carbocycles. The molecule has 8 heteroatoms. The van der Waals surface area contributed by atoms with Gasteiger partial charge in [-0.05, 0) is 6.92 Å². The number of nitro groups is 1. The van der Waals surface area contributed by atoms with Crippen molar-refractivity contribution in [2.75, 3.05) is 39.3 Å². The molecule has 0 radical (unpaired) electrons. The molecule has 0 unspecified atom stereocenters. The summed E-state index contributed by atoms with van der Waals surface area (Å²) >= 11 is 0. The van der Waals surface area contributed by atoms with Gasteiger partial charge in [0, 0.05) is 13.1 Å². The summed E-state index contributed by atoms with van der Waals surface area (Å²) in [6.07, 6.45) is 0. The predicted octanol–water partition coefficient (Wildman–Crippen LogP) is 1.61. The Morgan fingerprint density at radius 1 is 1.29 bits per heavy atom. The predicted molar refractivity (Wildman–Crippen MR) is 76.1 cm³/mol. The third-order valence-electron chi connectivity index (χ3n) is 2.76. The Labute approximate surface area is 122 Å². The molecule has 1 rings (SSSR count). The van der Waals surface area contributed by atoms with E-state index in [2.05, 4.69) is 0 Å². The van der Waals surface area contributed by atoms with E-state index in [-0.39, 0.29) is 30.3 Å². The number of anilines is 1. The van der Waals surface area contributed by atoms with Crippen LogP contribution in [-0.2, 0) is 9.53 Å². The molecule has 21 heavy (non-hydrogen) atoms. The molecule has 1 aromatic carbocycles. The number of rotatable bonds is 7. The Hall–Kier alpha value is -2.51. The van der Waals surface area contributed by atoms with Gasteiger partial charge in [0.05, 0.1) is 31.8 Å². The lowest BCUT2D eigenvalue weighted by Gasteiger charge is -2.19. The smallest absolute Gasteiger partial charge is 0.325 e. The molecule has 0 aliphatic carbocycles. The Morgan fingerprint density at radius 2 is 1.86 bits per heavy atom. The Bertz CT molecular complexity index is 532. The number of benzene rings is 1. The minimum absolute atomic E-state index is 0.107. The molecule has 0 heterocycles. The van der Waals surface area contributed by atoms with Gasteiger partial charge in [-0.1, -0.05) is 0 Å². The number of esters is 1. The molecule has 8 nitrogen and oxygen atoms in total. The Balaban J connectivity index is 3.19. The molecule has 0 amide bonds. The molecule has 0 N–H and O–H groups in total. The van der Waals surface area contributed by atoms with Gasteiger partial charge in [-0.2, -0.15) is 0 Å². The summed E-state index contributed by atoms with van der Waals surface area (Å²) in [5, 5.41) is 11.2. The van der Waals surface area contributed by atoms with Crippen LogP contribution in [0.2, 0.25) is 0 Å². The molecular formula is C13H18N2O6. The average Bonchev–Trinajstić information content (AvgIpc) is 2.45. The lowest BCUT2D eigenvalue weighted by Crippen LogP contribution is -2.27.